The van der Waals surface area contributed by atoms with Crippen molar-refractivity contribution in [1.29, 1.82) is 0 Å². The summed E-state index contributed by atoms with van der Waals surface area (Å²) in [6.45, 7) is 0.631. The third kappa shape index (κ3) is 2.01. The molecule has 3 aliphatic heterocycles. The molecule has 0 bridgehead atoms. The summed E-state index contributed by atoms with van der Waals surface area (Å²) in [6.07, 6.45) is 1.67. The highest BCUT2D eigenvalue weighted by Gasteiger charge is 2.82. The molecule has 2 fully saturated rings. The smallest absolute Gasteiger partial charge is 0.251 e. The number of fused-ring (bicyclic) bond motifs is 6. The van der Waals surface area contributed by atoms with Gasteiger partial charge in [0.25, 0.3) is 5.91 Å². The summed E-state index contributed by atoms with van der Waals surface area (Å²) in [5, 5.41) is 3.54. The van der Waals surface area contributed by atoms with Crippen molar-refractivity contribution in [2.24, 2.45) is 5.41 Å². The number of rotatable bonds is 1. The van der Waals surface area contributed by atoms with E-state index in [1.807, 2.05) is 42.5 Å². The Bertz CT molecular complexity index is 1400. The molecular weight excluding hydrogens is 448 g/mol. The average Bonchev–Trinajstić information content (AvgIpc) is 3.55. The summed E-state index contributed by atoms with van der Waals surface area (Å²) < 4.78 is 0. The number of hydrogen-bond donors (Lipinski definition) is 1. The van der Waals surface area contributed by atoms with E-state index >= 15 is 0 Å². The van der Waals surface area contributed by atoms with Crippen LogP contribution in [0.25, 0.3) is 0 Å². The van der Waals surface area contributed by atoms with E-state index in [0.717, 1.165) is 18.4 Å². The molecule has 3 aromatic rings. The standard InChI is InChI=1S/C28H21ClN2O3/c29-20-12-5-3-10-18(20)23-22-14-7-15-31(22)28(19-11-4-6-13-21(19)30-26(28)34)27(23)24(32)16-8-1-2-9-17(16)25(27)33/h1-6,8-13,22-23H,7,14-15H2,(H,30,34)/t22-,23-,28+/m1/s1. The van der Waals surface area contributed by atoms with Gasteiger partial charge in [-0.25, -0.2) is 0 Å². The fraction of sp³-hybridized carbons (Fsp3) is 0.250. The van der Waals surface area contributed by atoms with Crippen LogP contribution in [0.15, 0.2) is 72.8 Å². The predicted octanol–water partition coefficient (Wildman–Crippen LogP) is 4.81. The van der Waals surface area contributed by atoms with Gasteiger partial charge >= 0.3 is 0 Å². The van der Waals surface area contributed by atoms with Gasteiger partial charge in [-0.2, -0.15) is 0 Å². The van der Waals surface area contributed by atoms with Crippen LogP contribution in [0.1, 0.15) is 50.6 Å². The number of carbonyl (C=O) groups is 3. The molecule has 7 rings (SSSR count). The highest BCUT2D eigenvalue weighted by atomic mass is 35.5. The van der Waals surface area contributed by atoms with Gasteiger partial charge in [-0.3, -0.25) is 19.3 Å². The normalized spacial score (nSPS) is 28.4. The predicted molar refractivity (Wildman–Crippen MR) is 128 cm³/mol. The summed E-state index contributed by atoms with van der Waals surface area (Å²) in [6, 6.07) is 21.7. The maximum Gasteiger partial charge on any atom is 0.251 e. The molecule has 0 radical (unpaired) electrons. The van der Waals surface area contributed by atoms with E-state index < -0.39 is 16.9 Å². The van der Waals surface area contributed by atoms with Crippen LogP contribution in [0.4, 0.5) is 5.69 Å². The lowest BCUT2D eigenvalue weighted by Crippen LogP contribution is -2.61. The summed E-state index contributed by atoms with van der Waals surface area (Å²) >= 11 is 6.75. The third-order valence-corrected chi connectivity index (χ3v) is 8.76. The van der Waals surface area contributed by atoms with E-state index in [0.29, 0.717) is 33.9 Å². The van der Waals surface area contributed by atoms with Gasteiger partial charge in [-0.15, -0.1) is 0 Å². The molecule has 1 N–H and O–H groups in total. The minimum absolute atomic E-state index is 0.168. The van der Waals surface area contributed by atoms with Gasteiger partial charge in [-0.1, -0.05) is 72.3 Å². The summed E-state index contributed by atoms with van der Waals surface area (Å²) in [7, 11) is 0. The molecule has 0 saturated carbocycles. The maximum absolute atomic E-state index is 14.6. The number of Topliss-reactive ketones (excluding diaryl/α,β-unsaturated/α-hetero) is 2. The number of benzene rings is 3. The minimum Gasteiger partial charge on any atom is -0.324 e. The SMILES string of the molecule is O=C1c2ccccc2C(=O)C12[C@H](c1ccccc1Cl)[C@H]1CCCN1[C@@]21C(=O)Nc2ccccc21. The van der Waals surface area contributed by atoms with Gasteiger partial charge in [0.05, 0.1) is 0 Å². The van der Waals surface area contributed by atoms with E-state index in [1.165, 1.54) is 0 Å². The molecular formula is C28H21ClN2O3. The van der Waals surface area contributed by atoms with Crippen LogP contribution < -0.4 is 5.32 Å². The topological polar surface area (TPSA) is 66.5 Å². The first-order valence-electron chi connectivity index (χ1n) is 11.7. The van der Waals surface area contributed by atoms with Crippen molar-refractivity contribution in [2.75, 3.05) is 11.9 Å². The quantitative estimate of drug-likeness (QED) is 0.520. The van der Waals surface area contributed by atoms with E-state index in [4.69, 9.17) is 11.6 Å². The lowest BCUT2D eigenvalue weighted by molar-refractivity contribution is -0.129. The largest absolute Gasteiger partial charge is 0.324 e. The zero-order valence-corrected chi connectivity index (χ0v) is 19.0. The second-order valence-corrected chi connectivity index (χ2v) is 10.0. The second kappa shape index (κ2) is 6.65. The Labute approximate surface area is 201 Å². The first kappa shape index (κ1) is 20.1. The molecule has 1 amide bonds. The Morgan fingerprint density at radius 1 is 0.853 bits per heavy atom. The molecule has 168 valence electrons. The van der Waals surface area contributed by atoms with Crippen molar-refractivity contribution in [3.05, 3.63) is 100 Å². The summed E-state index contributed by atoms with van der Waals surface area (Å²) in [5.74, 6) is -1.41. The highest BCUT2D eigenvalue weighted by Crippen LogP contribution is 2.70. The molecule has 3 atom stereocenters. The molecule has 0 aromatic heterocycles. The van der Waals surface area contributed by atoms with Crippen molar-refractivity contribution < 1.29 is 14.4 Å². The molecule has 3 aromatic carbocycles. The zero-order chi connectivity index (χ0) is 23.2. The van der Waals surface area contributed by atoms with Crippen LogP contribution in [0, 0.1) is 5.41 Å². The number of nitrogens with one attached hydrogen (secondary N) is 1. The van der Waals surface area contributed by atoms with Gasteiger partial charge < -0.3 is 5.32 Å². The van der Waals surface area contributed by atoms with Gasteiger partial charge in [0, 0.05) is 39.4 Å². The number of para-hydroxylation sites is 1. The monoisotopic (exact) mass is 468 g/mol. The Morgan fingerprint density at radius 2 is 1.50 bits per heavy atom. The summed E-state index contributed by atoms with van der Waals surface area (Å²) in [4.78, 5) is 45.5. The second-order valence-electron chi connectivity index (χ2n) is 9.62. The van der Waals surface area contributed by atoms with E-state index in [1.54, 1.807) is 30.3 Å². The lowest BCUT2D eigenvalue weighted by Gasteiger charge is -2.43. The number of hydrogen-bond acceptors (Lipinski definition) is 4. The Balaban J connectivity index is 1.64. The number of carbonyl (C=O) groups excluding carboxylic acids is 3. The Kier molecular flexibility index (Phi) is 3.94. The molecule has 0 unspecified atom stereocenters. The van der Waals surface area contributed by atoms with E-state index in [-0.39, 0.29) is 23.5 Å². The van der Waals surface area contributed by atoms with Crippen molar-refractivity contribution in [3.63, 3.8) is 0 Å². The van der Waals surface area contributed by atoms with Crippen molar-refractivity contribution in [2.45, 2.75) is 30.3 Å². The van der Waals surface area contributed by atoms with Crippen LogP contribution in [-0.4, -0.2) is 35.0 Å². The Morgan fingerprint density at radius 3 is 2.24 bits per heavy atom. The fourth-order valence-corrected chi connectivity index (χ4v) is 7.65. The number of halogens is 1. The van der Waals surface area contributed by atoms with Crippen LogP contribution in [0.2, 0.25) is 5.02 Å². The van der Waals surface area contributed by atoms with Crippen molar-refractivity contribution >= 4 is 34.8 Å². The van der Waals surface area contributed by atoms with Crippen LogP contribution >= 0.6 is 11.6 Å². The molecule has 34 heavy (non-hydrogen) atoms. The van der Waals surface area contributed by atoms with Gasteiger partial charge in [0.2, 0.25) is 0 Å². The summed E-state index contributed by atoms with van der Waals surface area (Å²) in [5.41, 5.74) is -0.162. The molecule has 5 nitrogen and oxygen atoms in total. The van der Waals surface area contributed by atoms with Gasteiger partial charge in [0.1, 0.15) is 11.0 Å². The third-order valence-electron chi connectivity index (χ3n) is 8.42. The first-order chi connectivity index (χ1) is 16.5. The zero-order valence-electron chi connectivity index (χ0n) is 18.3. The minimum atomic E-state index is -1.64. The van der Waals surface area contributed by atoms with Gasteiger partial charge in [0.15, 0.2) is 11.6 Å². The van der Waals surface area contributed by atoms with Crippen molar-refractivity contribution in [3.8, 4) is 0 Å². The molecule has 2 saturated heterocycles. The van der Waals surface area contributed by atoms with Crippen LogP contribution in [0.3, 0.4) is 0 Å². The number of nitrogens with zero attached hydrogens (tertiary/aromatic N) is 1. The molecule has 1 aliphatic carbocycles. The first-order valence-corrected chi connectivity index (χ1v) is 12.0. The molecule has 4 aliphatic rings. The fourth-order valence-electron chi connectivity index (χ4n) is 7.40. The lowest BCUT2D eigenvalue weighted by atomic mass is 9.57. The van der Waals surface area contributed by atoms with E-state index in [9.17, 15) is 14.4 Å². The molecule has 6 heteroatoms. The number of amides is 1. The highest BCUT2D eigenvalue weighted by molar-refractivity contribution is 6.35. The van der Waals surface area contributed by atoms with E-state index in [2.05, 4.69) is 10.2 Å². The van der Waals surface area contributed by atoms with Crippen LogP contribution in [-0.2, 0) is 10.3 Å². The van der Waals surface area contributed by atoms with Gasteiger partial charge in [-0.05, 0) is 37.1 Å². The Hall–Kier alpha value is -3.28. The average molecular weight is 469 g/mol. The van der Waals surface area contributed by atoms with Crippen molar-refractivity contribution in [1.82, 2.24) is 4.90 Å². The molecule has 2 spiro atoms. The van der Waals surface area contributed by atoms with Crippen LogP contribution in [0.5, 0.6) is 0 Å². The number of anilines is 1. The maximum atomic E-state index is 14.6. The number of ketones is 2. The molecule has 3 heterocycles.